The van der Waals surface area contributed by atoms with E-state index < -0.39 is 10.1 Å². The average molecular weight is 457 g/mol. The van der Waals surface area contributed by atoms with Gasteiger partial charge in [-0.05, 0) is 56.3 Å². The van der Waals surface area contributed by atoms with Crippen molar-refractivity contribution >= 4 is 27.3 Å². The van der Waals surface area contributed by atoms with Gasteiger partial charge in [0.1, 0.15) is 15.6 Å². The molecule has 1 fully saturated rings. The highest BCUT2D eigenvalue weighted by Crippen LogP contribution is 2.26. The van der Waals surface area contributed by atoms with Gasteiger partial charge in [0.15, 0.2) is 0 Å². The van der Waals surface area contributed by atoms with Gasteiger partial charge < -0.3 is 18.4 Å². The number of rotatable bonds is 5. The molecular weight excluding hydrogens is 432 g/mol. The molecule has 2 heterocycles. The molecule has 0 N–H and O–H groups in total. The maximum absolute atomic E-state index is 12.4. The summed E-state index contributed by atoms with van der Waals surface area (Å²) in [6.45, 7) is 7.04. The van der Waals surface area contributed by atoms with Crippen LogP contribution in [0.1, 0.15) is 17.0 Å². The lowest BCUT2D eigenvalue weighted by molar-refractivity contribution is 0.0692. The largest absolute Gasteiger partial charge is 0.379 e. The Labute approximate surface area is 188 Å². The first-order valence-corrected chi connectivity index (χ1v) is 11.8. The van der Waals surface area contributed by atoms with Gasteiger partial charge in [-0.1, -0.05) is 30.4 Å². The van der Waals surface area contributed by atoms with E-state index in [0.717, 1.165) is 40.7 Å². The van der Waals surface area contributed by atoms with Crippen molar-refractivity contribution in [3.63, 3.8) is 0 Å². The van der Waals surface area contributed by atoms with Gasteiger partial charge in [-0.2, -0.15) is 8.42 Å². The molecule has 0 bridgehead atoms. The fraction of sp³-hybridized carbons (Fsp3) is 0.261. The van der Waals surface area contributed by atoms with E-state index in [-0.39, 0.29) is 10.6 Å². The molecule has 0 amide bonds. The summed E-state index contributed by atoms with van der Waals surface area (Å²) in [4.78, 5) is 3.13. The van der Waals surface area contributed by atoms with Crippen LogP contribution in [-0.4, -0.2) is 49.2 Å². The minimum Gasteiger partial charge on any atom is -0.379 e. The number of hydrogen-bond acceptors (Lipinski definition) is 5. The maximum Gasteiger partial charge on any atom is 0.339 e. The van der Waals surface area contributed by atoms with Gasteiger partial charge in [0.05, 0.1) is 13.2 Å². The van der Waals surface area contributed by atoms with E-state index in [4.69, 9.17) is 21.1 Å². The molecular formula is C23H24N2O4S2. The minimum atomic E-state index is -3.87. The summed E-state index contributed by atoms with van der Waals surface area (Å²) in [5.41, 5.74) is 4.03. The van der Waals surface area contributed by atoms with E-state index in [9.17, 15) is 8.42 Å². The fourth-order valence-electron chi connectivity index (χ4n) is 3.73. The lowest BCUT2D eigenvalue weighted by atomic mass is 10.2. The smallest absolute Gasteiger partial charge is 0.339 e. The highest BCUT2D eigenvalue weighted by molar-refractivity contribution is 7.87. The molecule has 0 aliphatic carbocycles. The van der Waals surface area contributed by atoms with Crippen LogP contribution in [0.25, 0.3) is 5.69 Å². The molecule has 0 unspecified atom stereocenters. The van der Waals surface area contributed by atoms with Crippen LogP contribution < -0.4 is 4.18 Å². The van der Waals surface area contributed by atoms with Crippen LogP contribution in [0, 0.1) is 13.8 Å². The van der Waals surface area contributed by atoms with Crippen LogP contribution in [-0.2, 0) is 14.9 Å². The predicted molar refractivity (Wildman–Crippen MR) is 124 cm³/mol. The third-order valence-corrected chi connectivity index (χ3v) is 7.03. The van der Waals surface area contributed by atoms with Crippen LogP contribution >= 0.6 is 12.2 Å². The zero-order valence-corrected chi connectivity index (χ0v) is 19.1. The van der Waals surface area contributed by atoms with Gasteiger partial charge in [0.25, 0.3) is 0 Å². The summed E-state index contributed by atoms with van der Waals surface area (Å²) in [5, 5.41) is 0. The van der Waals surface area contributed by atoms with Gasteiger partial charge in [-0.25, -0.2) is 0 Å². The molecule has 3 aromatic rings. The molecule has 6 nitrogen and oxygen atoms in total. The number of aryl methyl sites for hydroxylation is 1. The highest BCUT2D eigenvalue weighted by Gasteiger charge is 2.21. The molecule has 162 valence electrons. The van der Waals surface area contributed by atoms with Crippen molar-refractivity contribution in [3.05, 3.63) is 77.6 Å². The normalized spacial score (nSPS) is 14.5. The van der Waals surface area contributed by atoms with Crippen LogP contribution in [0.3, 0.4) is 0 Å². The third kappa shape index (κ3) is 4.51. The van der Waals surface area contributed by atoms with Crippen LogP contribution in [0.4, 0.5) is 0 Å². The predicted octanol–water partition coefficient (Wildman–Crippen LogP) is 3.87. The van der Waals surface area contributed by atoms with Gasteiger partial charge >= 0.3 is 10.1 Å². The Bertz CT molecular complexity index is 1180. The molecule has 0 radical (unpaired) electrons. The quantitative estimate of drug-likeness (QED) is 0.429. The molecule has 31 heavy (non-hydrogen) atoms. The Morgan fingerprint density at radius 3 is 2.29 bits per heavy atom. The topological polar surface area (TPSA) is 60.8 Å². The molecule has 1 aromatic heterocycles. The summed E-state index contributed by atoms with van der Waals surface area (Å²) in [6, 6.07) is 17.2. The van der Waals surface area contributed by atoms with Gasteiger partial charge in [0.2, 0.25) is 0 Å². The van der Waals surface area contributed by atoms with Crippen molar-refractivity contribution in [1.82, 2.24) is 9.47 Å². The second kappa shape index (κ2) is 8.82. The Morgan fingerprint density at radius 1 is 1.00 bits per heavy atom. The zero-order valence-electron chi connectivity index (χ0n) is 17.4. The summed E-state index contributed by atoms with van der Waals surface area (Å²) in [6.07, 6.45) is 0. The van der Waals surface area contributed by atoms with Crippen molar-refractivity contribution in [2.75, 3.05) is 26.3 Å². The molecule has 1 aliphatic heterocycles. The van der Waals surface area contributed by atoms with Crippen molar-refractivity contribution in [2.24, 2.45) is 0 Å². The van der Waals surface area contributed by atoms with Crippen molar-refractivity contribution in [1.29, 1.82) is 0 Å². The van der Waals surface area contributed by atoms with E-state index in [1.165, 1.54) is 12.1 Å². The molecule has 2 aromatic carbocycles. The first-order chi connectivity index (χ1) is 14.9. The molecule has 1 aliphatic rings. The number of nitrogens with zero attached hydrogens (tertiary/aromatic N) is 2. The third-order valence-electron chi connectivity index (χ3n) is 5.29. The SMILES string of the molecule is Cc1cc(C(=S)N2CCOCC2)c(C)n1-c1ccc(OS(=O)(=O)c2ccccc2)cc1. The van der Waals surface area contributed by atoms with E-state index >= 15 is 0 Å². The van der Waals surface area contributed by atoms with Gasteiger partial charge in [-0.15, -0.1) is 0 Å². The standard InChI is InChI=1S/C23H24N2O4S2/c1-17-16-22(23(30)24-12-14-28-15-13-24)18(2)25(17)19-8-10-20(11-9-19)29-31(26,27)21-6-4-3-5-7-21/h3-11,16H,12-15H2,1-2H3. The van der Waals surface area contributed by atoms with E-state index in [2.05, 4.69) is 15.5 Å². The van der Waals surface area contributed by atoms with Gasteiger partial charge in [-0.3, -0.25) is 0 Å². The summed E-state index contributed by atoms with van der Waals surface area (Å²) in [7, 11) is -3.87. The molecule has 4 rings (SSSR count). The Kier molecular flexibility index (Phi) is 6.13. The number of benzene rings is 2. The number of aromatic nitrogens is 1. The molecule has 1 saturated heterocycles. The molecule has 8 heteroatoms. The Hall–Kier alpha value is -2.68. The lowest BCUT2D eigenvalue weighted by Crippen LogP contribution is -2.40. The lowest BCUT2D eigenvalue weighted by Gasteiger charge is -2.29. The van der Waals surface area contributed by atoms with Crippen LogP contribution in [0.15, 0.2) is 65.6 Å². The number of ether oxygens (including phenoxy) is 1. The van der Waals surface area contributed by atoms with E-state index in [1.807, 2.05) is 26.0 Å². The Balaban J connectivity index is 1.57. The van der Waals surface area contributed by atoms with Crippen molar-refractivity contribution < 1.29 is 17.3 Å². The minimum absolute atomic E-state index is 0.123. The second-order valence-electron chi connectivity index (χ2n) is 7.37. The monoisotopic (exact) mass is 456 g/mol. The van der Waals surface area contributed by atoms with E-state index in [1.54, 1.807) is 30.3 Å². The number of morpholine rings is 1. The number of hydrogen-bond donors (Lipinski definition) is 0. The maximum atomic E-state index is 12.4. The van der Waals surface area contributed by atoms with Crippen molar-refractivity contribution in [3.8, 4) is 11.4 Å². The summed E-state index contributed by atoms with van der Waals surface area (Å²) in [5.74, 6) is 0.263. The second-order valence-corrected chi connectivity index (χ2v) is 9.30. The number of thiocarbonyl (C=S) groups is 1. The molecule has 0 saturated carbocycles. The van der Waals surface area contributed by atoms with Crippen molar-refractivity contribution in [2.45, 2.75) is 18.7 Å². The van der Waals surface area contributed by atoms with E-state index in [0.29, 0.717) is 13.2 Å². The van der Waals surface area contributed by atoms with Crippen LogP contribution in [0.2, 0.25) is 0 Å². The fourth-order valence-corrected chi connectivity index (χ4v) is 5.07. The summed E-state index contributed by atoms with van der Waals surface area (Å²) >= 11 is 5.75. The van der Waals surface area contributed by atoms with Crippen LogP contribution in [0.5, 0.6) is 5.75 Å². The highest BCUT2D eigenvalue weighted by atomic mass is 32.2. The van der Waals surface area contributed by atoms with Gasteiger partial charge in [0, 0.05) is 35.7 Å². The molecule has 0 atom stereocenters. The summed E-state index contributed by atoms with van der Waals surface area (Å²) < 4.78 is 37.7. The first kappa shape index (κ1) is 21.5. The zero-order chi connectivity index (χ0) is 22.0. The first-order valence-electron chi connectivity index (χ1n) is 10.0. The Morgan fingerprint density at radius 2 is 1.65 bits per heavy atom. The molecule has 0 spiro atoms. The average Bonchev–Trinajstić information content (AvgIpc) is 3.09.